The van der Waals surface area contributed by atoms with E-state index in [4.69, 9.17) is 22.2 Å². The predicted octanol–water partition coefficient (Wildman–Crippen LogP) is 2.02. The van der Waals surface area contributed by atoms with Crippen LogP contribution >= 0.6 is 24.0 Å². The minimum Gasteiger partial charge on any atom is -0.493 e. The molecule has 1 rings (SSSR count). The van der Waals surface area contributed by atoms with Gasteiger partial charge in [-0.1, -0.05) is 11.6 Å². The minimum atomic E-state index is 0. The van der Waals surface area contributed by atoms with E-state index in [1.54, 1.807) is 18.2 Å². The highest BCUT2D eigenvalue weighted by Gasteiger charge is 2.02. The number of halogens is 2. The Hall–Kier alpha value is -0.640. The Labute approximate surface area is 81.8 Å². The third-order valence-electron chi connectivity index (χ3n) is 1.25. The van der Waals surface area contributed by atoms with E-state index in [1.165, 1.54) is 7.11 Å². The lowest BCUT2D eigenvalue weighted by Crippen LogP contribution is -2.03. The third kappa shape index (κ3) is 2.44. The summed E-state index contributed by atoms with van der Waals surface area (Å²) in [5.41, 5.74) is 0. The molecular formula is C7H9Cl2NO2. The Morgan fingerprint density at radius 3 is 2.50 bits per heavy atom. The monoisotopic (exact) mass is 209 g/mol. The lowest BCUT2D eigenvalue weighted by molar-refractivity contribution is 0.306. The molecule has 0 aliphatic rings. The van der Waals surface area contributed by atoms with Crippen molar-refractivity contribution >= 4 is 24.0 Å². The molecule has 0 aliphatic carbocycles. The lowest BCUT2D eigenvalue weighted by atomic mass is 10.3. The number of nitrogens with two attached hydrogens (primary N) is 1. The van der Waals surface area contributed by atoms with Crippen LogP contribution in [0.3, 0.4) is 0 Å². The standard InChI is InChI=1S/C7H8ClNO2.ClH/c1-10-7-4-5(8)2-3-6(7)11-9;/h2-4H,9H2,1H3;1H. The van der Waals surface area contributed by atoms with Gasteiger partial charge in [-0.25, -0.2) is 0 Å². The summed E-state index contributed by atoms with van der Waals surface area (Å²) in [5.74, 6) is 5.95. The fraction of sp³-hybridized carbons (Fsp3) is 0.143. The van der Waals surface area contributed by atoms with Gasteiger partial charge < -0.3 is 9.57 Å². The first-order chi connectivity index (χ1) is 5.27. The molecule has 0 fully saturated rings. The van der Waals surface area contributed by atoms with Crippen LogP contribution in [-0.2, 0) is 0 Å². The molecule has 1 aromatic carbocycles. The number of benzene rings is 1. The van der Waals surface area contributed by atoms with E-state index in [2.05, 4.69) is 4.84 Å². The second-order valence-corrected chi connectivity index (χ2v) is 2.35. The van der Waals surface area contributed by atoms with Gasteiger partial charge in [0.1, 0.15) is 0 Å². The van der Waals surface area contributed by atoms with Crippen LogP contribution in [0.2, 0.25) is 5.02 Å². The Bertz CT molecular complexity index is 255. The molecule has 0 radical (unpaired) electrons. The van der Waals surface area contributed by atoms with Crippen molar-refractivity contribution in [2.45, 2.75) is 0 Å². The fourth-order valence-electron chi connectivity index (χ4n) is 0.739. The van der Waals surface area contributed by atoms with Gasteiger partial charge in [0.25, 0.3) is 0 Å². The lowest BCUT2D eigenvalue weighted by Gasteiger charge is -2.05. The van der Waals surface area contributed by atoms with E-state index in [-0.39, 0.29) is 12.4 Å². The van der Waals surface area contributed by atoms with Crippen molar-refractivity contribution < 1.29 is 9.57 Å². The van der Waals surface area contributed by atoms with Crippen molar-refractivity contribution in [3.05, 3.63) is 23.2 Å². The average molecular weight is 210 g/mol. The summed E-state index contributed by atoms with van der Waals surface area (Å²) >= 11 is 5.68. The van der Waals surface area contributed by atoms with Crippen LogP contribution < -0.4 is 15.5 Å². The molecule has 0 amide bonds. The minimum absolute atomic E-state index is 0. The molecule has 0 heterocycles. The zero-order valence-corrected chi connectivity index (χ0v) is 7.98. The largest absolute Gasteiger partial charge is 0.493 e. The molecule has 5 heteroatoms. The van der Waals surface area contributed by atoms with Crippen LogP contribution in [0.25, 0.3) is 0 Å². The first kappa shape index (κ1) is 11.4. The molecule has 3 nitrogen and oxygen atoms in total. The topological polar surface area (TPSA) is 44.5 Å². The summed E-state index contributed by atoms with van der Waals surface area (Å²) < 4.78 is 4.93. The van der Waals surface area contributed by atoms with Crippen molar-refractivity contribution in [3.8, 4) is 11.5 Å². The number of rotatable bonds is 2. The van der Waals surface area contributed by atoms with Crippen LogP contribution in [-0.4, -0.2) is 7.11 Å². The molecule has 0 aliphatic heterocycles. The summed E-state index contributed by atoms with van der Waals surface area (Å²) in [4.78, 5) is 4.51. The maximum atomic E-state index is 5.68. The molecule has 0 spiro atoms. The molecule has 0 saturated heterocycles. The van der Waals surface area contributed by atoms with Crippen LogP contribution in [0.15, 0.2) is 18.2 Å². The zero-order chi connectivity index (χ0) is 8.27. The molecule has 68 valence electrons. The number of hydrogen-bond acceptors (Lipinski definition) is 3. The van der Waals surface area contributed by atoms with Crippen molar-refractivity contribution in [3.63, 3.8) is 0 Å². The van der Waals surface area contributed by atoms with Gasteiger partial charge in [0, 0.05) is 11.1 Å². The van der Waals surface area contributed by atoms with Crippen LogP contribution in [0, 0.1) is 0 Å². The van der Waals surface area contributed by atoms with Crippen molar-refractivity contribution in [2.24, 2.45) is 5.90 Å². The van der Waals surface area contributed by atoms with E-state index in [1.807, 2.05) is 0 Å². The molecule has 0 unspecified atom stereocenters. The first-order valence-corrected chi connectivity index (χ1v) is 3.36. The highest BCUT2D eigenvalue weighted by atomic mass is 35.5. The smallest absolute Gasteiger partial charge is 0.188 e. The zero-order valence-electron chi connectivity index (χ0n) is 6.41. The van der Waals surface area contributed by atoms with Crippen LogP contribution in [0.1, 0.15) is 0 Å². The van der Waals surface area contributed by atoms with E-state index < -0.39 is 0 Å². The van der Waals surface area contributed by atoms with Gasteiger partial charge >= 0.3 is 0 Å². The van der Waals surface area contributed by atoms with Gasteiger partial charge in [-0.3, -0.25) is 0 Å². The summed E-state index contributed by atoms with van der Waals surface area (Å²) in [6, 6.07) is 4.94. The van der Waals surface area contributed by atoms with Crippen LogP contribution in [0.4, 0.5) is 0 Å². The fourth-order valence-corrected chi connectivity index (χ4v) is 0.901. The Morgan fingerprint density at radius 1 is 1.33 bits per heavy atom. The maximum Gasteiger partial charge on any atom is 0.188 e. The molecule has 0 aromatic heterocycles. The van der Waals surface area contributed by atoms with E-state index >= 15 is 0 Å². The second-order valence-electron chi connectivity index (χ2n) is 1.91. The highest BCUT2D eigenvalue weighted by Crippen LogP contribution is 2.28. The normalized spacial score (nSPS) is 8.58. The summed E-state index contributed by atoms with van der Waals surface area (Å²) in [6.45, 7) is 0. The Kier molecular flexibility index (Phi) is 4.81. The second kappa shape index (κ2) is 5.09. The molecule has 0 bridgehead atoms. The van der Waals surface area contributed by atoms with Crippen LogP contribution in [0.5, 0.6) is 11.5 Å². The van der Waals surface area contributed by atoms with E-state index in [9.17, 15) is 0 Å². The average Bonchev–Trinajstić information content (AvgIpc) is 2.04. The molecule has 1 aromatic rings. The van der Waals surface area contributed by atoms with Gasteiger partial charge in [-0.15, -0.1) is 12.4 Å². The molecule has 0 saturated carbocycles. The summed E-state index contributed by atoms with van der Waals surface area (Å²) in [6.07, 6.45) is 0. The first-order valence-electron chi connectivity index (χ1n) is 2.98. The Balaban J connectivity index is 0.00000121. The van der Waals surface area contributed by atoms with E-state index in [0.717, 1.165) is 0 Å². The number of hydrogen-bond donors (Lipinski definition) is 1. The number of methoxy groups -OCH3 is 1. The van der Waals surface area contributed by atoms with Gasteiger partial charge in [0.05, 0.1) is 7.11 Å². The molecule has 2 N–H and O–H groups in total. The Morgan fingerprint density at radius 2 is 2.00 bits per heavy atom. The van der Waals surface area contributed by atoms with Gasteiger partial charge in [0.2, 0.25) is 0 Å². The van der Waals surface area contributed by atoms with Gasteiger partial charge in [0.15, 0.2) is 11.5 Å². The maximum absolute atomic E-state index is 5.68. The molecule has 12 heavy (non-hydrogen) atoms. The van der Waals surface area contributed by atoms with Gasteiger partial charge in [-0.2, -0.15) is 5.90 Å². The SMILES string of the molecule is COc1cc(Cl)ccc1ON.Cl. The molecular weight excluding hydrogens is 201 g/mol. The molecule has 0 atom stereocenters. The van der Waals surface area contributed by atoms with Crippen molar-refractivity contribution in [1.82, 2.24) is 0 Å². The summed E-state index contributed by atoms with van der Waals surface area (Å²) in [5, 5.41) is 0.586. The number of ether oxygens (including phenoxy) is 1. The summed E-state index contributed by atoms with van der Waals surface area (Å²) in [7, 11) is 1.52. The van der Waals surface area contributed by atoms with E-state index in [0.29, 0.717) is 16.5 Å². The predicted molar refractivity (Wildman–Crippen MR) is 50.1 cm³/mol. The third-order valence-corrected chi connectivity index (χ3v) is 1.49. The van der Waals surface area contributed by atoms with Crippen molar-refractivity contribution in [1.29, 1.82) is 0 Å². The van der Waals surface area contributed by atoms with Crippen molar-refractivity contribution in [2.75, 3.05) is 7.11 Å². The van der Waals surface area contributed by atoms with Gasteiger partial charge in [-0.05, 0) is 12.1 Å². The highest BCUT2D eigenvalue weighted by molar-refractivity contribution is 6.30. The quantitative estimate of drug-likeness (QED) is 0.759.